The van der Waals surface area contributed by atoms with E-state index in [-0.39, 0.29) is 22.9 Å². The van der Waals surface area contributed by atoms with Gasteiger partial charge in [-0.25, -0.2) is 4.90 Å². The Labute approximate surface area is 233 Å². The van der Waals surface area contributed by atoms with Crippen LogP contribution in [0.1, 0.15) is 20.7 Å². The number of nitro groups is 1. The number of carbonyl (C=O) groups excluding carboxylic acids is 4. The van der Waals surface area contributed by atoms with E-state index in [2.05, 4.69) is 0 Å². The Kier molecular flexibility index (Phi) is 6.15. The average molecular weight is 554 g/mol. The lowest BCUT2D eigenvalue weighted by molar-refractivity contribution is -0.384. The number of anilines is 1. The molecule has 0 aromatic heterocycles. The molecule has 3 aliphatic rings. The molecule has 40 heavy (non-hydrogen) atoms. The number of amides is 2. The number of halogens is 1. The second-order valence-corrected chi connectivity index (χ2v) is 10.2. The van der Waals surface area contributed by atoms with E-state index in [1.165, 1.54) is 18.2 Å². The van der Waals surface area contributed by atoms with E-state index in [9.17, 15) is 29.3 Å². The van der Waals surface area contributed by atoms with Gasteiger partial charge < -0.3 is 4.90 Å². The number of ketones is 2. The number of fused-ring (bicyclic) bond motifs is 3. The van der Waals surface area contributed by atoms with Gasteiger partial charge in [-0.2, -0.15) is 0 Å². The van der Waals surface area contributed by atoms with E-state index in [0.717, 1.165) is 11.0 Å². The number of carbonyl (C=O) groups is 4. The molecule has 0 radical (unpaired) electrons. The number of Topliss-reactive ketones (excluding diaryl/α,β-unsaturated/α-hetero) is 2. The van der Waals surface area contributed by atoms with Crippen LogP contribution >= 0.6 is 11.6 Å². The summed E-state index contributed by atoms with van der Waals surface area (Å²) >= 11 is 6.01. The van der Waals surface area contributed by atoms with E-state index in [1.807, 2.05) is 0 Å². The van der Waals surface area contributed by atoms with Gasteiger partial charge in [-0.3, -0.25) is 29.3 Å². The van der Waals surface area contributed by atoms with E-state index in [0.29, 0.717) is 21.7 Å². The van der Waals surface area contributed by atoms with Gasteiger partial charge in [0.05, 0.1) is 28.5 Å². The summed E-state index contributed by atoms with van der Waals surface area (Å²) in [5.41, 5.74) is 0.883. The molecule has 0 spiro atoms. The molecule has 0 unspecified atom stereocenters. The molecule has 0 bridgehead atoms. The highest BCUT2D eigenvalue weighted by Gasteiger charge is 2.63. The van der Waals surface area contributed by atoms with Crippen molar-refractivity contribution in [1.82, 2.24) is 4.90 Å². The molecule has 3 aromatic rings. The standard InChI is InChI=1S/C30H20ClN3O6/c31-20-11-9-18(10-12-20)28(36)26-25-24(29(37)33(30(25)38)21-7-4-8-22(16-21)34(39)40)23-15-19(13-14-32(23)26)27(35)17-5-2-1-3-6-17/h1-16,23-26H/t23-,24+,25-,26+/m1/s1. The Morgan fingerprint density at radius 2 is 1.55 bits per heavy atom. The minimum atomic E-state index is -1.08. The summed E-state index contributed by atoms with van der Waals surface area (Å²) in [4.78, 5) is 68.2. The quantitative estimate of drug-likeness (QED) is 0.189. The number of rotatable bonds is 6. The third-order valence-corrected chi connectivity index (χ3v) is 7.79. The number of non-ortho nitro benzene ring substituents is 1. The lowest BCUT2D eigenvalue weighted by Gasteiger charge is -2.32. The van der Waals surface area contributed by atoms with E-state index in [1.54, 1.807) is 77.8 Å². The minimum absolute atomic E-state index is 0.0544. The zero-order valence-electron chi connectivity index (χ0n) is 20.7. The molecule has 6 rings (SSSR count). The maximum absolute atomic E-state index is 13.9. The van der Waals surface area contributed by atoms with Gasteiger partial charge in [0.2, 0.25) is 11.8 Å². The van der Waals surface area contributed by atoms with Gasteiger partial charge in [0.15, 0.2) is 11.6 Å². The predicted molar refractivity (Wildman–Crippen MR) is 146 cm³/mol. The van der Waals surface area contributed by atoms with Crippen molar-refractivity contribution in [3.05, 3.63) is 129 Å². The van der Waals surface area contributed by atoms with Gasteiger partial charge in [0.25, 0.3) is 5.69 Å². The molecule has 2 saturated heterocycles. The zero-order chi connectivity index (χ0) is 28.1. The van der Waals surface area contributed by atoms with E-state index >= 15 is 0 Å². The SMILES string of the molecule is O=C(C1=C[C@@H]2[C@@H]3C(=O)N(c4cccc([N+](=O)[O-])c4)C(=O)[C@H]3[C@@H](C(=O)c3ccc(Cl)cc3)N2C=C1)c1ccccc1. The van der Waals surface area contributed by atoms with Gasteiger partial charge in [0, 0.05) is 40.1 Å². The summed E-state index contributed by atoms with van der Waals surface area (Å²) in [6.07, 6.45) is 4.81. The number of benzene rings is 3. The van der Waals surface area contributed by atoms with Crippen molar-refractivity contribution in [1.29, 1.82) is 0 Å². The van der Waals surface area contributed by atoms with Crippen LogP contribution < -0.4 is 4.90 Å². The molecule has 3 aliphatic heterocycles. The fraction of sp³-hybridized carbons (Fsp3) is 0.133. The van der Waals surface area contributed by atoms with Crippen molar-refractivity contribution in [2.45, 2.75) is 12.1 Å². The first kappa shape index (κ1) is 25.4. The monoisotopic (exact) mass is 553 g/mol. The molecule has 0 aliphatic carbocycles. The molecule has 2 fully saturated rings. The topological polar surface area (TPSA) is 118 Å². The van der Waals surface area contributed by atoms with Gasteiger partial charge in [-0.05, 0) is 36.4 Å². The first-order valence-corrected chi connectivity index (χ1v) is 12.8. The Hall–Kier alpha value is -4.89. The summed E-state index contributed by atoms with van der Waals surface area (Å²) in [7, 11) is 0. The van der Waals surface area contributed by atoms with Crippen LogP contribution in [-0.2, 0) is 9.59 Å². The molecule has 9 nitrogen and oxygen atoms in total. The molecule has 3 heterocycles. The van der Waals surface area contributed by atoms with Crippen LogP contribution in [0.2, 0.25) is 5.02 Å². The number of imide groups is 1. The number of nitro benzene ring substituents is 1. The molecular formula is C30H20ClN3O6. The lowest BCUT2D eigenvalue weighted by Crippen LogP contribution is -2.46. The number of hydrogen-bond acceptors (Lipinski definition) is 7. The van der Waals surface area contributed by atoms with Crippen molar-refractivity contribution in [3.63, 3.8) is 0 Å². The van der Waals surface area contributed by atoms with Gasteiger partial charge >= 0.3 is 0 Å². The zero-order valence-corrected chi connectivity index (χ0v) is 21.5. The van der Waals surface area contributed by atoms with E-state index in [4.69, 9.17) is 11.6 Å². The lowest BCUT2D eigenvalue weighted by atomic mass is 9.85. The smallest absolute Gasteiger partial charge is 0.271 e. The first-order valence-electron chi connectivity index (χ1n) is 12.5. The number of allylic oxidation sites excluding steroid dienone is 2. The van der Waals surface area contributed by atoms with Crippen molar-refractivity contribution in [2.75, 3.05) is 4.90 Å². The molecule has 0 saturated carbocycles. The first-order chi connectivity index (χ1) is 19.3. The van der Waals surface area contributed by atoms with Crippen LogP contribution in [0.4, 0.5) is 11.4 Å². The van der Waals surface area contributed by atoms with Crippen LogP contribution in [0.5, 0.6) is 0 Å². The fourth-order valence-corrected chi connectivity index (χ4v) is 5.87. The molecule has 4 atom stereocenters. The summed E-state index contributed by atoms with van der Waals surface area (Å²) in [6.45, 7) is 0. The van der Waals surface area contributed by atoms with E-state index < -0.39 is 40.7 Å². The molecule has 10 heteroatoms. The second kappa shape index (κ2) is 9.69. The Morgan fingerprint density at radius 3 is 2.25 bits per heavy atom. The summed E-state index contributed by atoms with van der Waals surface area (Å²) in [5, 5.41) is 11.8. The van der Waals surface area contributed by atoms with Crippen LogP contribution in [-0.4, -0.2) is 45.3 Å². The predicted octanol–water partition coefficient (Wildman–Crippen LogP) is 4.63. The van der Waals surface area contributed by atoms with Crippen molar-refractivity contribution >= 4 is 46.4 Å². The van der Waals surface area contributed by atoms with Crippen LogP contribution in [0.15, 0.2) is 103 Å². The third kappa shape index (κ3) is 4.02. The summed E-state index contributed by atoms with van der Waals surface area (Å²) in [6, 6.07) is 18.3. The highest BCUT2D eigenvalue weighted by molar-refractivity contribution is 6.30. The highest BCUT2D eigenvalue weighted by Crippen LogP contribution is 2.47. The fourth-order valence-electron chi connectivity index (χ4n) is 5.74. The summed E-state index contributed by atoms with van der Waals surface area (Å²) in [5.74, 6) is -3.92. The van der Waals surface area contributed by atoms with Crippen molar-refractivity contribution in [3.8, 4) is 0 Å². The number of nitrogens with zero attached hydrogens (tertiary/aromatic N) is 3. The van der Waals surface area contributed by atoms with Crippen LogP contribution in [0.25, 0.3) is 0 Å². The molecule has 2 amide bonds. The normalized spacial score (nSPS) is 23.1. The Bertz CT molecular complexity index is 1650. The molecule has 198 valence electrons. The maximum Gasteiger partial charge on any atom is 0.271 e. The van der Waals surface area contributed by atoms with Gasteiger partial charge in [-0.15, -0.1) is 0 Å². The Morgan fingerprint density at radius 1 is 0.850 bits per heavy atom. The third-order valence-electron chi connectivity index (χ3n) is 7.54. The number of hydrogen-bond donors (Lipinski definition) is 0. The van der Waals surface area contributed by atoms with Crippen molar-refractivity contribution in [2.24, 2.45) is 11.8 Å². The molecular weight excluding hydrogens is 534 g/mol. The van der Waals surface area contributed by atoms with Gasteiger partial charge in [0.1, 0.15) is 6.04 Å². The minimum Gasteiger partial charge on any atom is -0.359 e. The Balaban J connectivity index is 1.44. The van der Waals surface area contributed by atoms with Crippen LogP contribution in [0, 0.1) is 22.0 Å². The van der Waals surface area contributed by atoms with Gasteiger partial charge in [-0.1, -0.05) is 54.1 Å². The van der Waals surface area contributed by atoms with Crippen LogP contribution in [0.3, 0.4) is 0 Å². The largest absolute Gasteiger partial charge is 0.359 e. The molecule has 0 N–H and O–H groups in total. The van der Waals surface area contributed by atoms with Crippen molar-refractivity contribution < 1.29 is 24.1 Å². The maximum atomic E-state index is 13.9. The molecule has 3 aromatic carbocycles. The highest BCUT2D eigenvalue weighted by atomic mass is 35.5. The second-order valence-electron chi connectivity index (χ2n) is 9.73. The summed E-state index contributed by atoms with van der Waals surface area (Å²) < 4.78 is 0. The average Bonchev–Trinajstić information content (AvgIpc) is 3.44.